The van der Waals surface area contributed by atoms with Gasteiger partial charge in [-0.1, -0.05) is 11.6 Å². The molecule has 1 aromatic carbocycles. The number of methoxy groups -OCH3 is 1. The van der Waals surface area contributed by atoms with E-state index in [-0.39, 0.29) is 6.42 Å². The number of rotatable bonds is 4. The van der Waals surface area contributed by atoms with Crippen molar-refractivity contribution in [3.63, 3.8) is 0 Å². The highest BCUT2D eigenvalue weighted by Gasteiger charge is 2.16. The molecule has 1 heterocycles. The van der Waals surface area contributed by atoms with Crippen molar-refractivity contribution >= 4 is 5.97 Å². The maximum absolute atomic E-state index is 11.0. The molecule has 0 amide bonds. The van der Waals surface area contributed by atoms with E-state index < -0.39 is 5.97 Å². The van der Waals surface area contributed by atoms with Gasteiger partial charge in [-0.15, -0.1) is 0 Å². The fraction of sp³-hybridized carbons (Fsp3) is 0.286. The number of carbonyl (C=O) groups is 1. The van der Waals surface area contributed by atoms with E-state index in [4.69, 9.17) is 9.84 Å². The van der Waals surface area contributed by atoms with Crippen molar-refractivity contribution in [3.05, 3.63) is 35.7 Å². The lowest BCUT2D eigenvalue weighted by molar-refractivity contribution is -0.136. The van der Waals surface area contributed by atoms with E-state index >= 15 is 0 Å². The Morgan fingerprint density at radius 3 is 2.79 bits per heavy atom. The van der Waals surface area contributed by atoms with E-state index in [1.807, 2.05) is 25.1 Å². The van der Waals surface area contributed by atoms with Crippen molar-refractivity contribution < 1.29 is 14.6 Å². The van der Waals surface area contributed by atoms with E-state index in [1.54, 1.807) is 25.0 Å². The molecule has 19 heavy (non-hydrogen) atoms. The average molecular weight is 260 g/mol. The zero-order valence-corrected chi connectivity index (χ0v) is 11.2. The molecular formula is C14H16N2O3. The first kappa shape index (κ1) is 13.1. The van der Waals surface area contributed by atoms with Gasteiger partial charge in [-0.3, -0.25) is 9.48 Å². The Morgan fingerprint density at radius 1 is 1.42 bits per heavy atom. The third-order valence-corrected chi connectivity index (χ3v) is 3.03. The Hall–Kier alpha value is -2.30. The fourth-order valence-electron chi connectivity index (χ4n) is 2.07. The summed E-state index contributed by atoms with van der Waals surface area (Å²) >= 11 is 0. The summed E-state index contributed by atoms with van der Waals surface area (Å²) in [4.78, 5) is 11.0. The number of carboxylic acids is 1. The molecule has 2 aromatic rings. The molecule has 0 aliphatic heterocycles. The lowest BCUT2D eigenvalue weighted by atomic mass is 10.0. The predicted molar refractivity (Wildman–Crippen MR) is 71.3 cm³/mol. The lowest BCUT2D eigenvalue weighted by Gasteiger charge is -2.10. The average Bonchev–Trinajstić information content (AvgIpc) is 2.70. The largest absolute Gasteiger partial charge is 0.496 e. The highest BCUT2D eigenvalue weighted by atomic mass is 16.5. The number of aliphatic carboxylic acids is 1. The number of aryl methyl sites for hydroxylation is 2. The molecule has 1 aromatic heterocycles. The zero-order chi connectivity index (χ0) is 14.0. The van der Waals surface area contributed by atoms with E-state index in [0.717, 1.165) is 16.7 Å². The van der Waals surface area contributed by atoms with Crippen LogP contribution in [0.5, 0.6) is 5.75 Å². The molecule has 100 valence electrons. The Morgan fingerprint density at radius 2 is 2.16 bits per heavy atom. The van der Waals surface area contributed by atoms with Crippen molar-refractivity contribution in [1.29, 1.82) is 0 Å². The third kappa shape index (κ3) is 2.59. The SMILES string of the molecule is COc1ccc(C)cc1-c1cnn(C)c1CC(=O)O. The summed E-state index contributed by atoms with van der Waals surface area (Å²) < 4.78 is 6.93. The predicted octanol–water partition coefficient (Wildman–Crippen LogP) is 2.03. The van der Waals surface area contributed by atoms with Gasteiger partial charge in [-0.25, -0.2) is 0 Å². The first-order valence-electron chi connectivity index (χ1n) is 5.90. The van der Waals surface area contributed by atoms with Crippen molar-refractivity contribution in [1.82, 2.24) is 9.78 Å². The second kappa shape index (κ2) is 5.14. The molecule has 0 aliphatic rings. The number of carboxylic acid groups (broad SMARTS) is 1. The molecule has 5 nitrogen and oxygen atoms in total. The highest BCUT2D eigenvalue weighted by Crippen LogP contribution is 2.33. The molecule has 0 atom stereocenters. The van der Waals surface area contributed by atoms with Crippen LogP contribution >= 0.6 is 0 Å². The topological polar surface area (TPSA) is 64.4 Å². The Kier molecular flexibility index (Phi) is 3.55. The van der Waals surface area contributed by atoms with Gasteiger partial charge in [0, 0.05) is 18.2 Å². The summed E-state index contributed by atoms with van der Waals surface area (Å²) in [5.41, 5.74) is 3.41. The van der Waals surface area contributed by atoms with Crippen LogP contribution in [0.3, 0.4) is 0 Å². The number of benzene rings is 1. The molecule has 1 N–H and O–H groups in total. The number of aromatic nitrogens is 2. The summed E-state index contributed by atoms with van der Waals surface area (Å²) in [7, 11) is 3.34. The maximum Gasteiger partial charge on any atom is 0.309 e. The van der Waals surface area contributed by atoms with Gasteiger partial charge >= 0.3 is 5.97 Å². The minimum atomic E-state index is -0.878. The standard InChI is InChI=1S/C14H16N2O3/c1-9-4-5-13(19-3)10(6-9)11-8-15-16(2)12(11)7-14(17)18/h4-6,8H,7H2,1-3H3,(H,17,18). The van der Waals surface area contributed by atoms with Gasteiger partial charge < -0.3 is 9.84 Å². The van der Waals surface area contributed by atoms with Crippen LogP contribution in [0, 0.1) is 6.92 Å². The summed E-state index contributed by atoms with van der Waals surface area (Å²) in [5.74, 6) is -0.165. The fourth-order valence-corrected chi connectivity index (χ4v) is 2.07. The van der Waals surface area contributed by atoms with Gasteiger partial charge in [-0.2, -0.15) is 5.10 Å². The van der Waals surface area contributed by atoms with Crippen molar-refractivity contribution in [2.45, 2.75) is 13.3 Å². The van der Waals surface area contributed by atoms with Crippen LogP contribution < -0.4 is 4.74 Å². The van der Waals surface area contributed by atoms with E-state index in [0.29, 0.717) is 11.4 Å². The summed E-state index contributed by atoms with van der Waals surface area (Å²) in [6.45, 7) is 1.98. The normalized spacial score (nSPS) is 10.5. The first-order chi connectivity index (χ1) is 9.02. The summed E-state index contributed by atoms with van der Waals surface area (Å²) in [6.07, 6.45) is 1.61. The van der Waals surface area contributed by atoms with Crippen LogP contribution in [0.15, 0.2) is 24.4 Å². The Bertz CT molecular complexity index is 617. The van der Waals surface area contributed by atoms with E-state index in [1.165, 1.54) is 0 Å². The van der Waals surface area contributed by atoms with Crippen LogP contribution in [0.2, 0.25) is 0 Å². The van der Waals surface area contributed by atoms with Crippen molar-refractivity contribution in [2.24, 2.45) is 7.05 Å². The second-order valence-electron chi connectivity index (χ2n) is 4.40. The molecule has 2 rings (SSSR count). The molecule has 0 saturated carbocycles. The smallest absolute Gasteiger partial charge is 0.309 e. The van der Waals surface area contributed by atoms with Gasteiger partial charge in [0.1, 0.15) is 5.75 Å². The van der Waals surface area contributed by atoms with Crippen LogP contribution in [-0.4, -0.2) is 28.0 Å². The van der Waals surface area contributed by atoms with Crippen molar-refractivity contribution in [2.75, 3.05) is 7.11 Å². The molecule has 0 spiro atoms. The molecule has 0 radical (unpaired) electrons. The van der Waals surface area contributed by atoms with Crippen LogP contribution in [-0.2, 0) is 18.3 Å². The monoisotopic (exact) mass is 260 g/mol. The van der Waals surface area contributed by atoms with Gasteiger partial charge in [-0.05, 0) is 19.1 Å². The number of ether oxygens (including phenoxy) is 1. The van der Waals surface area contributed by atoms with Gasteiger partial charge in [0.05, 0.1) is 25.4 Å². The van der Waals surface area contributed by atoms with Crippen molar-refractivity contribution in [3.8, 4) is 16.9 Å². The Labute approximate surface area is 111 Å². The highest BCUT2D eigenvalue weighted by molar-refractivity contribution is 5.78. The number of hydrogen-bond acceptors (Lipinski definition) is 3. The summed E-state index contributed by atoms with van der Waals surface area (Å²) in [6, 6.07) is 5.80. The number of nitrogens with zero attached hydrogens (tertiary/aromatic N) is 2. The van der Waals surface area contributed by atoms with Crippen LogP contribution in [0.25, 0.3) is 11.1 Å². The quantitative estimate of drug-likeness (QED) is 0.913. The minimum absolute atomic E-state index is 0.0665. The van der Waals surface area contributed by atoms with Crippen LogP contribution in [0.1, 0.15) is 11.3 Å². The molecule has 0 fully saturated rings. The second-order valence-corrected chi connectivity index (χ2v) is 4.40. The molecule has 5 heteroatoms. The molecule has 0 unspecified atom stereocenters. The van der Waals surface area contributed by atoms with Gasteiger partial charge in [0.2, 0.25) is 0 Å². The minimum Gasteiger partial charge on any atom is -0.496 e. The summed E-state index contributed by atoms with van der Waals surface area (Å²) in [5, 5.41) is 13.1. The molecule has 0 saturated heterocycles. The molecule has 0 aliphatic carbocycles. The zero-order valence-electron chi connectivity index (χ0n) is 11.2. The lowest BCUT2D eigenvalue weighted by Crippen LogP contribution is -2.07. The number of hydrogen-bond donors (Lipinski definition) is 1. The van der Waals surface area contributed by atoms with E-state index in [2.05, 4.69) is 5.10 Å². The van der Waals surface area contributed by atoms with Gasteiger partial charge in [0.15, 0.2) is 0 Å². The molecule has 0 bridgehead atoms. The third-order valence-electron chi connectivity index (χ3n) is 3.03. The maximum atomic E-state index is 11.0. The van der Waals surface area contributed by atoms with Gasteiger partial charge in [0.25, 0.3) is 0 Å². The van der Waals surface area contributed by atoms with Crippen LogP contribution in [0.4, 0.5) is 0 Å². The first-order valence-corrected chi connectivity index (χ1v) is 5.90. The Balaban J connectivity index is 2.58. The van der Waals surface area contributed by atoms with E-state index in [9.17, 15) is 4.79 Å². The molecular weight excluding hydrogens is 244 g/mol.